The van der Waals surface area contributed by atoms with E-state index in [1.165, 1.54) is 36.4 Å². The van der Waals surface area contributed by atoms with Crippen LogP contribution in [0.5, 0.6) is 0 Å². The van der Waals surface area contributed by atoms with Crippen molar-refractivity contribution in [2.24, 2.45) is 5.73 Å². The fourth-order valence-corrected chi connectivity index (χ4v) is 2.07. The molecule has 0 spiro atoms. The topological polar surface area (TPSA) is 98.5 Å². The van der Waals surface area contributed by atoms with Gasteiger partial charge in [0.2, 0.25) is 5.91 Å². The quantitative estimate of drug-likeness (QED) is 0.612. The molecule has 3 N–H and O–H groups in total. The molecule has 2 amide bonds. The smallest absolute Gasteiger partial charge is 0.331 e. The van der Waals surface area contributed by atoms with Crippen molar-refractivity contribution < 1.29 is 19.1 Å². The molecule has 25 heavy (non-hydrogen) atoms. The van der Waals surface area contributed by atoms with Crippen LogP contribution in [-0.2, 0) is 14.3 Å². The van der Waals surface area contributed by atoms with Crippen molar-refractivity contribution >= 4 is 41.1 Å². The average molecular weight is 359 g/mol. The normalized spacial score (nSPS) is 10.4. The summed E-state index contributed by atoms with van der Waals surface area (Å²) in [6, 6.07) is 13.0. The molecular weight excluding hydrogens is 344 g/mol. The van der Waals surface area contributed by atoms with Gasteiger partial charge in [-0.15, -0.1) is 0 Å². The van der Waals surface area contributed by atoms with Crippen molar-refractivity contribution in [1.29, 1.82) is 0 Å². The summed E-state index contributed by atoms with van der Waals surface area (Å²) >= 11 is 5.96. The molecule has 0 aliphatic heterocycles. The van der Waals surface area contributed by atoms with E-state index in [1.807, 2.05) is 0 Å². The number of anilines is 1. The third-order valence-corrected chi connectivity index (χ3v) is 3.45. The zero-order chi connectivity index (χ0) is 18.2. The SMILES string of the molecule is NC(=O)c1ccc(NC(=O)COC(=O)C=Cc2ccccc2Cl)cc1. The maximum absolute atomic E-state index is 11.7. The van der Waals surface area contributed by atoms with Gasteiger partial charge in [-0.3, -0.25) is 9.59 Å². The van der Waals surface area contributed by atoms with E-state index in [4.69, 9.17) is 22.1 Å². The number of carbonyl (C=O) groups excluding carboxylic acids is 3. The summed E-state index contributed by atoms with van der Waals surface area (Å²) in [5, 5.41) is 3.04. The van der Waals surface area contributed by atoms with Gasteiger partial charge in [-0.2, -0.15) is 0 Å². The summed E-state index contributed by atoms with van der Waals surface area (Å²) in [6.45, 7) is -0.441. The lowest BCUT2D eigenvalue weighted by Gasteiger charge is -2.06. The Morgan fingerprint density at radius 1 is 1.08 bits per heavy atom. The largest absolute Gasteiger partial charge is 0.452 e. The molecular formula is C18H15ClN2O4. The van der Waals surface area contributed by atoms with Gasteiger partial charge in [-0.25, -0.2) is 4.79 Å². The van der Waals surface area contributed by atoms with Crippen LogP contribution in [0.1, 0.15) is 15.9 Å². The minimum atomic E-state index is -0.667. The number of carbonyl (C=O) groups is 3. The first-order valence-electron chi connectivity index (χ1n) is 7.25. The second kappa shape index (κ2) is 8.65. The molecule has 7 heteroatoms. The van der Waals surface area contributed by atoms with Gasteiger partial charge in [0.25, 0.3) is 5.91 Å². The number of halogens is 1. The van der Waals surface area contributed by atoms with Crippen molar-refractivity contribution in [2.45, 2.75) is 0 Å². The Balaban J connectivity index is 1.82. The molecule has 2 aromatic rings. The second-order valence-corrected chi connectivity index (χ2v) is 5.36. The summed E-state index contributed by atoms with van der Waals surface area (Å²) in [5.41, 5.74) is 6.58. The molecule has 0 atom stereocenters. The zero-order valence-electron chi connectivity index (χ0n) is 13.1. The lowest BCUT2D eigenvalue weighted by atomic mass is 10.2. The van der Waals surface area contributed by atoms with Crippen LogP contribution in [0.2, 0.25) is 5.02 Å². The van der Waals surface area contributed by atoms with Gasteiger partial charge in [-0.1, -0.05) is 29.8 Å². The lowest BCUT2D eigenvalue weighted by molar-refractivity contribution is -0.142. The van der Waals surface area contributed by atoms with E-state index in [1.54, 1.807) is 24.3 Å². The molecule has 0 unspecified atom stereocenters. The maximum Gasteiger partial charge on any atom is 0.331 e. The Morgan fingerprint density at radius 2 is 1.76 bits per heavy atom. The van der Waals surface area contributed by atoms with Crippen molar-refractivity contribution in [3.8, 4) is 0 Å². The predicted molar refractivity (Wildman–Crippen MR) is 95.0 cm³/mol. The fraction of sp³-hybridized carbons (Fsp3) is 0.0556. The monoisotopic (exact) mass is 358 g/mol. The molecule has 0 aliphatic carbocycles. The predicted octanol–water partition coefficient (Wildman–Crippen LogP) is 2.63. The molecule has 0 saturated carbocycles. The van der Waals surface area contributed by atoms with Gasteiger partial charge >= 0.3 is 5.97 Å². The Morgan fingerprint density at radius 3 is 2.40 bits per heavy atom. The lowest BCUT2D eigenvalue weighted by Crippen LogP contribution is -2.20. The highest BCUT2D eigenvalue weighted by Crippen LogP contribution is 2.16. The van der Waals surface area contributed by atoms with E-state index in [2.05, 4.69) is 5.32 Å². The number of esters is 1. The number of rotatable bonds is 6. The summed E-state index contributed by atoms with van der Waals surface area (Å²) in [6.07, 6.45) is 2.70. The van der Waals surface area contributed by atoms with Crippen LogP contribution in [0.25, 0.3) is 6.08 Å². The molecule has 0 saturated heterocycles. The van der Waals surface area contributed by atoms with Crippen molar-refractivity contribution in [2.75, 3.05) is 11.9 Å². The molecule has 0 bridgehead atoms. The van der Waals surface area contributed by atoms with Gasteiger partial charge in [0.15, 0.2) is 6.61 Å². The maximum atomic E-state index is 11.7. The van der Waals surface area contributed by atoms with Crippen LogP contribution in [0.4, 0.5) is 5.69 Å². The standard InChI is InChI=1S/C18H15ClN2O4/c19-15-4-2-1-3-12(15)7-10-17(23)25-11-16(22)21-14-8-5-13(6-9-14)18(20)24/h1-10H,11H2,(H2,20,24)(H,21,22). The third-order valence-electron chi connectivity index (χ3n) is 3.10. The highest BCUT2D eigenvalue weighted by molar-refractivity contribution is 6.32. The number of hydrogen-bond acceptors (Lipinski definition) is 4. The first kappa shape index (κ1) is 18.2. The summed E-state index contributed by atoms with van der Waals surface area (Å²) < 4.78 is 4.84. The van der Waals surface area contributed by atoms with E-state index in [0.717, 1.165) is 0 Å². The van der Waals surface area contributed by atoms with Crippen molar-refractivity contribution in [1.82, 2.24) is 0 Å². The first-order chi connectivity index (χ1) is 12.0. The van der Waals surface area contributed by atoms with Crippen molar-refractivity contribution in [3.63, 3.8) is 0 Å². The van der Waals surface area contributed by atoms with Gasteiger partial charge in [0, 0.05) is 22.3 Å². The molecule has 0 aromatic heterocycles. The van der Waals surface area contributed by atoms with Crippen LogP contribution in [-0.4, -0.2) is 24.4 Å². The molecule has 0 fully saturated rings. The zero-order valence-corrected chi connectivity index (χ0v) is 13.8. The molecule has 128 valence electrons. The molecule has 0 radical (unpaired) electrons. The molecule has 2 rings (SSSR count). The number of nitrogens with two attached hydrogens (primary N) is 1. The van der Waals surface area contributed by atoms with Gasteiger partial charge in [0.05, 0.1) is 0 Å². The number of nitrogens with one attached hydrogen (secondary N) is 1. The molecule has 6 nitrogen and oxygen atoms in total. The second-order valence-electron chi connectivity index (χ2n) is 4.95. The van der Waals surface area contributed by atoms with E-state index in [-0.39, 0.29) is 0 Å². The molecule has 0 aliphatic rings. The number of hydrogen-bond donors (Lipinski definition) is 2. The van der Waals surface area contributed by atoms with Crippen LogP contribution < -0.4 is 11.1 Å². The van der Waals surface area contributed by atoms with E-state index < -0.39 is 24.4 Å². The van der Waals surface area contributed by atoms with E-state index in [0.29, 0.717) is 21.8 Å². The average Bonchev–Trinajstić information content (AvgIpc) is 2.59. The highest BCUT2D eigenvalue weighted by atomic mass is 35.5. The Kier molecular flexibility index (Phi) is 6.31. The van der Waals surface area contributed by atoms with E-state index in [9.17, 15) is 14.4 Å². The Hall–Kier alpha value is -3.12. The number of primary amides is 1. The van der Waals surface area contributed by atoms with Gasteiger partial charge in [0.1, 0.15) is 0 Å². The number of ether oxygens (including phenoxy) is 1. The Labute approximate surface area is 149 Å². The number of benzene rings is 2. The van der Waals surface area contributed by atoms with Crippen LogP contribution >= 0.6 is 11.6 Å². The van der Waals surface area contributed by atoms with Crippen molar-refractivity contribution in [3.05, 3.63) is 70.8 Å². The van der Waals surface area contributed by atoms with Crippen LogP contribution in [0.15, 0.2) is 54.6 Å². The minimum Gasteiger partial charge on any atom is -0.452 e. The van der Waals surface area contributed by atoms with Gasteiger partial charge < -0.3 is 15.8 Å². The van der Waals surface area contributed by atoms with E-state index >= 15 is 0 Å². The molecule has 0 heterocycles. The van der Waals surface area contributed by atoms with Crippen LogP contribution in [0.3, 0.4) is 0 Å². The third kappa shape index (κ3) is 5.78. The minimum absolute atomic E-state index is 0.328. The van der Waals surface area contributed by atoms with Gasteiger partial charge in [-0.05, 0) is 42.0 Å². The first-order valence-corrected chi connectivity index (χ1v) is 7.62. The summed E-state index contributed by atoms with van der Waals surface area (Å²) in [7, 11) is 0. The molecule has 2 aromatic carbocycles. The van der Waals surface area contributed by atoms with Crippen LogP contribution in [0, 0.1) is 0 Å². The fourth-order valence-electron chi connectivity index (χ4n) is 1.87. The number of amides is 2. The highest BCUT2D eigenvalue weighted by Gasteiger charge is 2.07. The summed E-state index contributed by atoms with van der Waals surface area (Å²) in [5.74, 6) is -1.73. The Bertz CT molecular complexity index is 816. The summed E-state index contributed by atoms with van der Waals surface area (Å²) in [4.78, 5) is 34.3.